The predicted molar refractivity (Wildman–Crippen MR) is 60.0 cm³/mol. The van der Waals surface area contributed by atoms with E-state index in [0.29, 0.717) is 10.6 Å². The van der Waals surface area contributed by atoms with Crippen LogP contribution in [0.25, 0.3) is 0 Å². The van der Waals surface area contributed by atoms with Gasteiger partial charge in [-0.1, -0.05) is 0 Å². The molecule has 1 atom stereocenters. The monoisotopic (exact) mass is 303 g/mol. The SMILES string of the molecule is COC(=O)[As][C@@H](C(=O)O)c1ccccc1Cl. The second-order valence-electron chi connectivity index (χ2n) is 2.86. The summed E-state index contributed by atoms with van der Waals surface area (Å²) in [6.45, 7) is 0. The van der Waals surface area contributed by atoms with Crippen LogP contribution in [0.4, 0.5) is 4.79 Å². The molecule has 0 aliphatic heterocycles. The Morgan fingerprint density at radius 3 is 2.56 bits per heavy atom. The van der Waals surface area contributed by atoms with Gasteiger partial charge in [0.05, 0.1) is 0 Å². The molecule has 0 fully saturated rings. The van der Waals surface area contributed by atoms with Crippen molar-refractivity contribution in [1.82, 2.24) is 0 Å². The maximum absolute atomic E-state index is 11.1. The number of rotatable bonds is 4. The molecule has 0 amide bonds. The second kappa shape index (κ2) is 5.92. The topological polar surface area (TPSA) is 63.6 Å². The van der Waals surface area contributed by atoms with E-state index in [4.69, 9.17) is 16.7 Å². The van der Waals surface area contributed by atoms with Crippen molar-refractivity contribution in [1.29, 1.82) is 0 Å². The number of halogens is 1. The summed E-state index contributed by atoms with van der Waals surface area (Å²) in [6.07, 6.45) is 0. The molecule has 0 saturated heterocycles. The second-order valence-corrected chi connectivity index (χ2v) is 5.66. The molecule has 0 spiro atoms. The Morgan fingerprint density at radius 2 is 2.06 bits per heavy atom. The molecule has 6 heteroatoms. The number of methoxy groups -OCH3 is 1. The van der Waals surface area contributed by atoms with Crippen LogP contribution in [0, 0.1) is 0 Å². The van der Waals surface area contributed by atoms with Crippen molar-refractivity contribution < 1.29 is 19.4 Å². The standard InChI is InChI=1S/C10H9AsClO4/c1-16-10(15)11-8(9(13)14)6-4-2-3-5-7(6)12/h2-5,8H,1H3,(H,13,14)/t8-/m1/s1. The Bertz CT molecular complexity index is 408. The first kappa shape index (κ1) is 13.1. The number of carbonyl (C=O) groups excluding carboxylic acids is 1. The minimum absolute atomic E-state index is 0.356. The predicted octanol–water partition coefficient (Wildman–Crippen LogP) is 1.94. The molecule has 0 heterocycles. The molecular formula is C10H9AsClO4. The van der Waals surface area contributed by atoms with Crippen molar-refractivity contribution >= 4 is 38.1 Å². The Morgan fingerprint density at radius 1 is 1.44 bits per heavy atom. The van der Waals surface area contributed by atoms with Gasteiger partial charge in [-0.3, -0.25) is 0 Å². The van der Waals surface area contributed by atoms with Crippen LogP contribution in [0.3, 0.4) is 0 Å². The van der Waals surface area contributed by atoms with Gasteiger partial charge in [0.15, 0.2) is 0 Å². The normalized spacial score (nSPS) is 12.6. The molecular weight excluding hydrogens is 294 g/mol. The molecule has 0 saturated carbocycles. The summed E-state index contributed by atoms with van der Waals surface area (Å²) in [5, 5.41) is 9.41. The number of carboxylic acids is 1. The van der Waals surface area contributed by atoms with E-state index >= 15 is 0 Å². The summed E-state index contributed by atoms with van der Waals surface area (Å²) in [5.41, 5.74) is 0.460. The van der Waals surface area contributed by atoms with Crippen LogP contribution in [0.15, 0.2) is 24.3 Å². The molecule has 16 heavy (non-hydrogen) atoms. The van der Waals surface area contributed by atoms with E-state index in [1.807, 2.05) is 0 Å². The van der Waals surface area contributed by atoms with Crippen molar-refractivity contribution in [2.75, 3.05) is 7.11 Å². The van der Waals surface area contributed by atoms with E-state index < -0.39 is 31.2 Å². The Hall–Kier alpha value is -0.992. The number of hydrogen-bond donors (Lipinski definition) is 1. The van der Waals surface area contributed by atoms with Gasteiger partial charge < -0.3 is 0 Å². The number of hydrogen-bond acceptors (Lipinski definition) is 3. The molecule has 85 valence electrons. The first-order chi connectivity index (χ1) is 7.56. The Labute approximate surface area is 104 Å². The van der Waals surface area contributed by atoms with Crippen molar-refractivity contribution in [3.8, 4) is 0 Å². The molecule has 1 N–H and O–H groups in total. The third-order valence-corrected chi connectivity index (χ3v) is 4.60. The van der Waals surface area contributed by atoms with E-state index in [2.05, 4.69) is 4.74 Å². The number of benzene rings is 1. The van der Waals surface area contributed by atoms with Gasteiger partial charge in [-0.05, 0) is 0 Å². The van der Waals surface area contributed by atoms with Gasteiger partial charge in [-0.15, -0.1) is 0 Å². The molecule has 1 aromatic carbocycles. The fraction of sp³-hybridized carbons (Fsp3) is 0.200. The third-order valence-electron chi connectivity index (χ3n) is 1.84. The van der Waals surface area contributed by atoms with E-state index in [0.717, 1.165) is 0 Å². The zero-order chi connectivity index (χ0) is 12.1. The molecule has 0 aromatic heterocycles. The molecule has 1 rings (SSSR count). The quantitative estimate of drug-likeness (QED) is 0.863. The summed E-state index contributed by atoms with van der Waals surface area (Å²) in [6, 6.07) is 6.61. The van der Waals surface area contributed by atoms with E-state index in [-0.39, 0.29) is 0 Å². The number of carbonyl (C=O) groups is 2. The van der Waals surface area contributed by atoms with Gasteiger partial charge in [-0.25, -0.2) is 0 Å². The average Bonchev–Trinajstić information content (AvgIpc) is 2.26. The van der Waals surface area contributed by atoms with Crippen LogP contribution in [0.5, 0.6) is 0 Å². The Balaban J connectivity index is 2.99. The molecule has 0 unspecified atom stereocenters. The van der Waals surface area contributed by atoms with Crippen molar-refractivity contribution in [2.24, 2.45) is 0 Å². The summed E-state index contributed by atoms with van der Waals surface area (Å²) < 4.78 is 3.13. The summed E-state index contributed by atoms with van der Waals surface area (Å²) in [5.74, 6) is -1.06. The van der Waals surface area contributed by atoms with Gasteiger partial charge >= 0.3 is 104 Å². The zero-order valence-corrected chi connectivity index (χ0v) is 11.0. The number of carboxylic acid groups (broad SMARTS) is 1. The van der Waals surface area contributed by atoms with Gasteiger partial charge in [-0.2, -0.15) is 0 Å². The number of aliphatic carboxylic acids is 1. The van der Waals surface area contributed by atoms with E-state index in [1.54, 1.807) is 24.3 Å². The van der Waals surface area contributed by atoms with Crippen molar-refractivity contribution in [3.05, 3.63) is 34.9 Å². The molecule has 0 bridgehead atoms. The van der Waals surface area contributed by atoms with Crippen molar-refractivity contribution in [2.45, 2.75) is 4.71 Å². The molecule has 0 aliphatic carbocycles. The summed E-state index contributed by atoms with van der Waals surface area (Å²) in [4.78, 5) is 22.2. The van der Waals surface area contributed by atoms with Crippen LogP contribution in [0.1, 0.15) is 10.3 Å². The van der Waals surface area contributed by atoms with Gasteiger partial charge in [0.2, 0.25) is 0 Å². The molecule has 4 nitrogen and oxygen atoms in total. The van der Waals surface area contributed by atoms with Crippen LogP contribution >= 0.6 is 11.6 Å². The first-order valence-electron chi connectivity index (χ1n) is 4.32. The molecule has 0 aliphatic rings. The summed E-state index contributed by atoms with van der Waals surface area (Å²) in [7, 11) is 1.24. The molecule has 1 aromatic rings. The van der Waals surface area contributed by atoms with Crippen LogP contribution < -0.4 is 0 Å². The maximum atomic E-state index is 11.1. The molecule has 1 radical (unpaired) electrons. The minimum atomic E-state index is -1.13. The van der Waals surface area contributed by atoms with Crippen molar-refractivity contribution in [3.63, 3.8) is 0 Å². The number of ether oxygens (including phenoxy) is 1. The first-order valence-corrected chi connectivity index (χ1v) is 6.72. The van der Waals surface area contributed by atoms with E-state index in [9.17, 15) is 9.59 Å². The zero-order valence-electron chi connectivity index (χ0n) is 8.38. The summed E-state index contributed by atoms with van der Waals surface area (Å²) >= 11 is 4.76. The van der Waals surface area contributed by atoms with E-state index in [1.165, 1.54) is 7.11 Å². The Kier molecular flexibility index (Phi) is 4.84. The van der Waals surface area contributed by atoms with Crippen LogP contribution in [0.2, 0.25) is 5.02 Å². The van der Waals surface area contributed by atoms with Gasteiger partial charge in [0, 0.05) is 0 Å². The van der Waals surface area contributed by atoms with Gasteiger partial charge in [0.25, 0.3) is 0 Å². The fourth-order valence-corrected chi connectivity index (χ4v) is 3.18. The van der Waals surface area contributed by atoms with Gasteiger partial charge in [0.1, 0.15) is 0 Å². The average molecular weight is 304 g/mol. The van der Waals surface area contributed by atoms with Crippen LogP contribution in [-0.4, -0.2) is 38.7 Å². The van der Waals surface area contributed by atoms with Crippen LogP contribution in [-0.2, 0) is 9.53 Å². The third kappa shape index (κ3) is 3.25. The fourth-order valence-electron chi connectivity index (χ4n) is 1.11.